The maximum atomic E-state index is 14.4. The van der Waals surface area contributed by atoms with E-state index in [1.807, 2.05) is 0 Å². The van der Waals surface area contributed by atoms with Crippen molar-refractivity contribution >= 4 is 11.5 Å². The molecule has 1 aromatic heterocycles. The third kappa shape index (κ3) is 5.88. The summed E-state index contributed by atoms with van der Waals surface area (Å²) in [6.07, 6.45) is 1.53. The number of nitrogens with two attached hydrogens (primary N) is 1. The number of benzene rings is 1. The first kappa shape index (κ1) is 23.8. The molecule has 0 bridgehead atoms. The number of pyridine rings is 1. The number of hydrogen-bond donors (Lipinski definition) is 2. The summed E-state index contributed by atoms with van der Waals surface area (Å²) in [5.41, 5.74) is 6.85. The predicted molar refractivity (Wildman–Crippen MR) is 126 cm³/mol. The molecular formula is C24H32FN5O2. The fraction of sp³-hybridized carbons (Fsp3) is 0.458. The number of nitrogens with zero attached hydrogens (tertiary/aromatic N) is 3. The Morgan fingerprint density at radius 3 is 2.59 bits per heavy atom. The van der Waals surface area contributed by atoms with Crippen molar-refractivity contribution in [3.05, 3.63) is 41.8 Å². The minimum Gasteiger partial charge on any atom is -0.453 e. The van der Waals surface area contributed by atoms with Gasteiger partial charge >= 0.3 is 0 Å². The smallest absolute Gasteiger partial charge is 0.167 e. The Morgan fingerprint density at radius 1 is 1.19 bits per heavy atom. The number of ether oxygens (including phenoxy) is 2. The number of rotatable bonds is 7. The lowest BCUT2D eigenvalue weighted by atomic mass is 10.0. The van der Waals surface area contributed by atoms with Gasteiger partial charge in [0.2, 0.25) is 0 Å². The van der Waals surface area contributed by atoms with Crippen molar-refractivity contribution in [3.63, 3.8) is 0 Å². The molecule has 1 aliphatic rings. The average molecular weight is 442 g/mol. The van der Waals surface area contributed by atoms with Crippen LogP contribution in [0.4, 0.5) is 15.9 Å². The molecule has 1 fully saturated rings. The number of piperazine rings is 1. The zero-order valence-corrected chi connectivity index (χ0v) is 19.2. The number of halogens is 1. The lowest BCUT2D eigenvalue weighted by Gasteiger charge is -2.41. The van der Waals surface area contributed by atoms with Gasteiger partial charge in [0.05, 0.1) is 12.1 Å². The van der Waals surface area contributed by atoms with Crippen LogP contribution < -0.4 is 15.8 Å². The molecule has 3 N–H and O–H groups in total. The van der Waals surface area contributed by atoms with E-state index in [0.717, 1.165) is 39.3 Å². The van der Waals surface area contributed by atoms with Gasteiger partial charge in [0.25, 0.3) is 0 Å². The number of aromatic nitrogens is 1. The Hall–Kier alpha value is -2.86. The maximum Gasteiger partial charge on any atom is 0.167 e. The molecule has 7 nitrogen and oxygen atoms in total. The van der Waals surface area contributed by atoms with E-state index < -0.39 is 5.82 Å². The van der Waals surface area contributed by atoms with E-state index >= 15 is 0 Å². The fourth-order valence-corrected chi connectivity index (χ4v) is 3.57. The molecule has 32 heavy (non-hydrogen) atoms. The largest absolute Gasteiger partial charge is 0.453 e. The van der Waals surface area contributed by atoms with Gasteiger partial charge in [-0.1, -0.05) is 11.8 Å². The van der Waals surface area contributed by atoms with Gasteiger partial charge in [-0.2, -0.15) is 0 Å². The second-order valence-electron chi connectivity index (χ2n) is 8.20. The minimum atomic E-state index is -0.474. The molecule has 172 valence electrons. The Labute approximate surface area is 189 Å². The van der Waals surface area contributed by atoms with Crippen LogP contribution in [0.2, 0.25) is 0 Å². The average Bonchev–Trinajstić information content (AvgIpc) is 2.78. The monoisotopic (exact) mass is 441 g/mol. The van der Waals surface area contributed by atoms with Crippen molar-refractivity contribution in [3.8, 4) is 23.3 Å². The molecule has 2 heterocycles. The van der Waals surface area contributed by atoms with Crippen LogP contribution in [0.1, 0.15) is 19.4 Å². The molecule has 1 aliphatic heterocycles. The minimum absolute atomic E-state index is 0.101. The summed E-state index contributed by atoms with van der Waals surface area (Å²) in [4.78, 5) is 8.89. The predicted octanol–water partition coefficient (Wildman–Crippen LogP) is 3.03. The normalized spacial score (nSPS) is 15.2. The molecule has 1 aromatic carbocycles. The van der Waals surface area contributed by atoms with Crippen LogP contribution in [0, 0.1) is 17.7 Å². The topological polar surface area (TPSA) is 75.9 Å². The highest BCUT2D eigenvalue weighted by Crippen LogP contribution is 2.30. The molecule has 0 atom stereocenters. The molecule has 1 saturated heterocycles. The van der Waals surface area contributed by atoms with Gasteiger partial charge < -0.3 is 20.5 Å². The maximum absolute atomic E-state index is 14.4. The molecule has 8 heteroatoms. The molecular weight excluding hydrogens is 409 g/mol. The highest BCUT2D eigenvalue weighted by Gasteiger charge is 2.28. The van der Waals surface area contributed by atoms with Gasteiger partial charge in [0.1, 0.15) is 17.1 Å². The molecule has 2 aromatic rings. The lowest BCUT2D eigenvalue weighted by Crippen LogP contribution is -2.54. The first-order valence-corrected chi connectivity index (χ1v) is 10.7. The highest BCUT2D eigenvalue weighted by molar-refractivity contribution is 5.60. The summed E-state index contributed by atoms with van der Waals surface area (Å²) < 4.78 is 25.4. The van der Waals surface area contributed by atoms with Crippen molar-refractivity contribution < 1.29 is 13.9 Å². The first-order valence-electron chi connectivity index (χ1n) is 10.7. The van der Waals surface area contributed by atoms with Crippen molar-refractivity contribution in [1.82, 2.24) is 14.8 Å². The van der Waals surface area contributed by atoms with Gasteiger partial charge in [-0.15, -0.1) is 0 Å². The number of nitrogens with one attached hydrogen (secondary N) is 1. The van der Waals surface area contributed by atoms with Gasteiger partial charge in [-0.3, -0.25) is 9.80 Å². The lowest BCUT2D eigenvalue weighted by molar-refractivity contribution is 0.0638. The van der Waals surface area contributed by atoms with Gasteiger partial charge in [0, 0.05) is 70.9 Å². The zero-order chi connectivity index (χ0) is 23.1. The molecule has 0 radical (unpaired) electrons. The third-order valence-electron chi connectivity index (χ3n) is 5.65. The quantitative estimate of drug-likeness (QED) is 0.640. The van der Waals surface area contributed by atoms with Crippen LogP contribution in [0.5, 0.6) is 11.5 Å². The number of methoxy groups -OCH3 is 1. The number of hydrogen-bond acceptors (Lipinski definition) is 7. The third-order valence-corrected chi connectivity index (χ3v) is 5.65. The SMILES string of the molecule is CNc1ccc(Oc2ccnc(N)c2C#CC(C)(C)N2CCN(CCOC)CC2)c(F)c1. The summed E-state index contributed by atoms with van der Waals surface area (Å²) in [7, 11) is 3.46. The van der Waals surface area contributed by atoms with Crippen LogP contribution in [0.25, 0.3) is 0 Å². The fourth-order valence-electron chi connectivity index (χ4n) is 3.57. The standard InChI is InChI=1S/C24H32FN5O2/c1-24(2,30-13-11-29(12-14-30)15-16-31-4)9-7-19-21(8-10-28-23(19)26)32-22-6-5-18(27-3)17-20(22)25/h5-6,8,10,17,27H,11-16H2,1-4H3,(H2,26,28). The summed E-state index contributed by atoms with van der Waals surface area (Å²) in [5, 5.41) is 2.90. The summed E-state index contributed by atoms with van der Waals surface area (Å²) in [6, 6.07) is 6.33. The van der Waals surface area contributed by atoms with Gasteiger partial charge in [0.15, 0.2) is 11.6 Å². The second-order valence-corrected chi connectivity index (χ2v) is 8.20. The summed E-state index contributed by atoms with van der Waals surface area (Å²) in [5.74, 6) is 6.74. The summed E-state index contributed by atoms with van der Waals surface area (Å²) >= 11 is 0. The van der Waals surface area contributed by atoms with E-state index in [1.54, 1.807) is 32.4 Å². The Morgan fingerprint density at radius 2 is 1.94 bits per heavy atom. The van der Waals surface area contributed by atoms with Crippen molar-refractivity contribution in [2.75, 3.05) is 64.5 Å². The second kappa shape index (κ2) is 10.6. The van der Waals surface area contributed by atoms with Crippen molar-refractivity contribution in [1.29, 1.82) is 0 Å². The molecule has 3 rings (SSSR count). The molecule has 0 unspecified atom stereocenters. The number of anilines is 2. The van der Waals surface area contributed by atoms with Crippen molar-refractivity contribution in [2.24, 2.45) is 0 Å². The van der Waals surface area contributed by atoms with Crippen LogP contribution in [-0.4, -0.2) is 73.8 Å². The van der Waals surface area contributed by atoms with E-state index in [0.29, 0.717) is 17.0 Å². The Bertz CT molecular complexity index is 978. The Kier molecular flexibility index (Phi) is 7.91. The van der Waals surface area contributed by atoms with E-state index in [2.05, 4.69) is 45.8 Å². The molecule has 0 spiro atoms. The van der Waals surface area contributed by atoms with Gasteiger partial charge in [-0.05, 0) is 26.0 Å². The van der Waals surface area contributed by atoms with E-state index in [9.17, 15) is 4.39 Å². The molecule has 0 aliphatic carbocycles. The van der Waals surface area contributed by atoms with Crippen molar-refractivity contribution in [2.45, 2.75) is 19.4 Å². The van der Waals surface area contributed by atoms with Crippen LogP contribution in [0.3, 0.4) is 0 Å². The summed E-state index contributed by atoms with van der Waals surface area (Å²) in [6.45, 7) is 9.64. The van der Waals surface area contributed by atoms with Crippen LogP contribution in [0.15, 0.2) is 30.5 Å². The molecule has 0 amide bonds. The Balaban J connectivity index is 1.77. The van der Waals surface area contributed by atoms with Gasteiger partial charge in [-0.25, -0.2) is 9.37 Å². The van der Waals surface area contributed by atoms with Crippen LogP contribution in [-0.2, 0) is 4.74 Å². The van der Waals surface area contributed by atoms with E-state index in [1.165, 1.54) is 12.3 Å². The van der Waals surface area contributed by atoms with E-state index in [4.69, 9.17) is 15.2 Å². The van der Waals surface area contributed by atoms with E-state index in [-0.39, 0.29) is 17.1 Å². The number of nitrogen functional groups attached to an aromatic ring is 1. The first-order chi connectivity index (χ1) is 15.3. The highest BCUT2D eigenvalue weighted by atomic mass is 19.1. The molecule has 0 saturated carbocycles. The zero-order valence-electron chi connectivity index (χ0n) is 19.2. The van der Waals surface area contributed by atoms with Crippen LogP contribution >= 0.6 is 0 Å².